The van der Waals surface area contributed by atoms with Gasteiger partial charge in [0.15, 0.2) is 0 Å². The molecule has 2 rings (SSSR count). The summed E-state index contributed by atoms with van der Waals surface area (Å²) in [5.74, 6) is 0.0101. The predicted molar refractivity (Wildman–Crippen MR) is 77.3 cm³/mol. The lowest BCUT2D eigenvalue weighted by atomic mass is 10.1. The van der Waals surface area contributed by atoms with Crippen molar-refractivity contribution in [2.75, 3.05) is 6.54 Å². The molecule has 0 fully saturated rings. The molecule has 0 aliphatic carbocycles. The number of thiophene rings is 1. The first-order valence-electron chi connectivity index (χ1n) is 6.80. The van der Waals surface area contributed by atoms with Gasteiger partial charge in [0.1, 0.15) is 0 Å². The molecule has 0 radical (unpaired) electrons. The van der Waals surface area contributed by atoms with E-state index >= 15 is 0 Å². The van der Waals surface area contributed by atoms with Crippen molar-refractivity contribution in [3.05, 3.63) is 22.4 Å². The topological polar surface area (TPSA) is 52.9 Å². The minimum absolute atomic E-state index is 0.0101. The molecule has 1 atom stereocenters. The summed E-state index contributed by atoms with van der Waals surface area (Å²) in [4.78, 5) is 12.9. The maximum Gasteiger partial charge on any atom is 0.243 e. The highest BCUT2D eigenvalue weighted by atomic mass is 32.1. The van der Waals surface area contributed by atoms with Crippen molar-refractivity contribution in [2.45, 2.75) is 45.1 Å². The van der Waals surface area contributed by atoms with Gasteiger partial charge < -0.3 is 5.11 Å². The van der Waals surface area contributed by atoms with Crippen molar-refractivity contribution < 1.29 is 9.90 Å². The van der Waals surface area contributed by atoms with Crippen LogP contribution in [-0.2, 0) is 4.79 Å². The highest BCUT2D eigenvalue weighted by Gasteiger charge is 2.23. The van der Waals surface area contributed by atoms with Gasteiger partial charge >= 0.3 is 0 Å². The molecule has 1 aromatic heterocycles. The number of hydrazone groups is 1. The molecule has 0 spiro atoms. The Labute approximate surface area is 117 Å². The second-order valence-electron chi connectivity index (χ2n) is 4.80. The van der Waals surface area contributed by atoms with E-state index in [1.54, 1.807) is 11.3 Å². The van der Waals surface area contributed by atoms with Gasteiger partial charge in [-0.25, -0.2) is 5.01 Å². The largest absolute Gasteiger partial charge is 0.391 e. The first kappa shape index (κ1) is 14.2. The third kappa shape index (κ3) is 3.88. The second kappa shape index (κ2) is 6.82. The lowest BCUT2D eigenvalue weighted by molar-refractivity contribution is -0.133. The number of β-amino-alcohol motifs (C(OH)–C–C–N with tert-alkyl or cyclic N) is 1. The normalized spacial score (nSPS) is 17.5. The number of amides is 1. The zero-order chi connectivity index (χ0) is 13.7. The number of nitrogens with zero attached hydrogens (tertiary/aromatic N) is 2. The van der Waals surface area contributed by atoms with Crippen molar-refractivity contribution in [1.29, 1.82) is 0 Å². The van der Waals surface area contributed by atoms with Gasteiger partial charge in [0.05, 0.1) is 23.2 Å². The Hall–Kier alpha value is -1.20. The van der Waals surface area contributed by atoms with E-state index in [0.29, 0.717) is 19.4 Å². The van der Waals surface area contributed by atoms with E-state index in [2.05, 4.69) is 12.0 Å². The van der Waals surface area contributed by atoms with E-state index in [-0.39, 0.29) is 5.91 Å². The van der Waals surface area contributed by atoms with Crippen molar-refractivity contribution in [3.63, 3.8) is 0 Å². The Morgan fingerprint density at radius 3 is 3.05 bits per heavy atom. The van der Waals surface area contributed by atoms with Gasteiger partial charge in [-0.3, -0.25) is 4.79 Å². The first-order valence-corrected chi connectivity index (χ1v) is 7.68. The number of rotatable bonds is 6. The highest BCUT2D eigenvalue weighted by molar-refractivity contribution is 7.12. The van der Waals surface area contributed by atoms with Crippen LogP contribution in [0.4, 0.5) is 0 Å². The van der Waals surface area contributed by atoms with E-state index < -0.39 is 6.10 Å². The van der Waals surface area contributed by atoms with Crippen LogP contribution in [0.25, 0.3) is 0 Å². The molecule has 1 aliphatic rings. The van der Waals surface area contributed by atoms with Crippen LogP contribution in [0.3, 0.4) is 0 Å². The molecule has 1 aromatic rings. The zero-order valence-electron chi connectivity index (χ0n) is 11.2. The summed E-state index contributed by atoms with van der Waals surface area (Å²) in [6.45, 7) is 2.40. The summed E-state index contributed by atoms with van der Waals surface area (Å²) >= 11 is 1.63. The molecule has 0 bridgehead atoms. The summed E-state index contributed by atoms with van der Waals surface area (Å²) < 4.78 is 0. The van der Waals surface area contributed by atoms with Gasteiger partial charge in [0, 0.05) is 12.8 Å². The summed E-state index contributed by atoms with van der Waals surface area (Å²) in [6, 6.07) is 4.00. The quantitative estimate of drug-likeness (QED) is 0.871. The number of unbranched alkanes of at least 4 members (excludes halogenated alkanes) is 1. The Kier molecular flexibility index (Phi) is 5.10. The minimum Gasteiger partial charge on any atom is -0.391 e. The zero-order valence-corrected chi connectivity index (χ0v) is 12.0. The fraction of sp³-hybridized carbons (Fsp3) is 0.571. The number of carbonyl (C=O) groups excluding carboxylic acids is 1. The Morgan fingerprint density at radius 1 is 1.53 bits per heavy atom. The fourth-order valence-electron chi connectivity index (χ4n) is 2.09. The van der Waals surface area contributed by atoms with Gasteiger partial charge in [0.2, 0.25) is 5.91 Å². The van der Waals surface area contributed by atoms with Gasteiger partial charge in [-0.1, -0.05) is 25.8 Å². The van der Waals surface area contributed by atoms with Crippen LogP contribution in [0.2, 0.25) is 0 Å². The molecule has 1 N–H and O–H groups in total. The second-order valence-corrected chi connectivity index (χ2v) is 5.74. The van der Waals surface area contributed by atoms with Crippen LogP contribution >= 0.6 is 11.3 Å². The Bertz CT molecular complexity index is 442. The molecule has 1 amide bonds. The molecular weight excluding hydrogens is 260 g/mol. The van der Waals surface area contributed by atoms with Crippen LogP contribution in [-0.4, -0.2) is 34.4 Å². The van der Waals surface area contributed by atoms with Crippen LogP contribution in [0.15, 0.2) is 22.6 Å². The number of hydrogen-bond donors (Lipinski definition) is 1. The maximum atomic E-state index is 11.8. The average Bonchev–Trinajstić information content (AvgIpc) is 2.93. The molecule has 4 nitrogen and oxygen atoms in total. The minimum atomic E-state index is -0.477. The van der Waals surface area contributed by atoms with Crippen LogP contribution in [0, 0.1) is 0 Å². The van der Waals surface area contributed by atoms with Crippen molar-refractivity contribution in [2.24, 2.45) is 5.10 Å². The first-order chi connectivity index (χ1) is 9.20. The molecule has 19 heavy (non-hydrogen) atoms. The highest BCUT2D eigenvalue weighted by Crippen LogP contribution is 2.19. The van der Waals surface area contributed by atoms with Crippen molar-refractivity contribution in [3.8, 4) is 0 Å². The lowest BCUT2D eigenvalue weighted by Gasteiger charge is -2.25. The monoisotopic (exact) mass is 280 g/mol. The van der Waals surface area contributed by atoms with Crippen LogP contribution in [0.1, 0.15) is 43.9 Å². The number of carbonyl (C=O) groups is 1. The molecule has 104 valence electrons. The van der Waals surface area contributed by atoms with E-state index in [0.717, 1.165) is 29.9 Å². The SMILES string of the molecule is CCCCC(O)CN1N=C(c2cccs2)CCC1=O. The maximum absolute atomic E-state index is 11.8. The Morgan fingerprint density at radius 2 is 2.37 bits per heavy atom. The third-order valence-corrected chi connectivity index (χ3v) is 4.10. The summed E-state index contributed by atoms with van der Waals surface area (Å²) in [5, 5.41) is 17.8. The molecule has 0 saturated carbocycles. The van der Waals surface area contributed by atoms with Gasteiger partial charge in [-0.2, -0.15) is 5.10 Å². The average molecular weight is 280 g/mol. The molecule has 5 heteroatoms. The Balaban J connectivity index is 2.01. The molecular formula is C14H20N2O2S. The molecule has 2 heterocycles. The molecule has 0 saturated heterocycles. The van der Waals surface area contributed by atoms with Gasteiger partial charge in [-0.05, 0) is 17.9 Å². The van der Waals surface area contributed by atoms with E-state index in [1.165, 1.54) is 5.01 Å². The van der Waals surface area contributed by atoms with Crippen LogP contribution < -0.4 is 0 Å². The molecule has 0 aromatic carbocycles. The lowest BCUT2D eigenvalue weighted by Crippen LogP contribution is -2.37. The summed E-state index contributed by atoms with van der Waals surface area (Å²) in [6.07, 6.45) is 3.46. The molecule has 1 aliphatic heterocycles. The summed E-state index contributed by atoms with van der Waals surface area (Å²) in [5.41, 5.74) is 0.956. The van der Waals surface area contributed by atoms with Crippen LogP contribution in [0.5, 0.6) is 0 Å². The smallest absolute Gasteiger partial charge is 0.243 e. The predicted octanol–water partition coefficient (Wildman–Crippen LogP) is 2.63. The third-order valence-electron chi connectivity index (χ3n) is 3.19. The van der Waals surface area contributed by atoms with E-state index in [4.69, 9.17) is 0 Å². The van der Waals surface area contributed by atoms with E-state index in [1.807, 2.05) is 17.5 Å². The molecule has 1 unspecified atom stereocenters. The van der Waals surface area contributed by atoms with E-state index in [9.17, 15) is 9.90 Å². The van der Waals surface area contributed by atoms with Crippen molar-refractivity contribution >= 4 is 23.0 Å². The standard InChI is InChI=1S/C14H20N2O2S/c1-2-3-5-11(17)10-16-14(18)8-7-12(15-16)13-6-4-9-19-13/h4,6,9,11,17H,2-3,5,7-8,10H2,1H3. The van der Waals surface area contributed by atoms with Gasteiger partial charge in [0.25, 0.3) is 0 Å². The number of aliphatic hydroxyl groups is 1. The number of aliphatic hydroxyl groups excluding tert-OH is 1. The van der Waals surface area contributed by atoms with Crippen molar-refractivity contribution in [1.82, 2.24) is 5.01 Å². The number of hydrogen-bond acceptors (Lipinski definition) is 4. The van der Waals surface area contributed by atoms with Gasteiger partial charge in [-0.15, -0.1) is 11.3 Å². The summed E-state index contributed by atoms with van der Waals surface area (Å²) in [7, 11) is 0. The fourth-order valence-corrected chi connectivity index (χ4v) is 2.83.